The molecule has 5 aromatic rings. The first kappa shape index (κ1) is 19.1. The summed E-state index contributed by atoms with van der Waals surface area (Å²) < 4.78 is 6.07. The first-order valence-electron chi connectivity index (χ1n) is 10.5. The number of oxazole rings is 1. The molecule has 0 spiro atoms. The lowest BCUT2D eigenvalue weighted by Crippen LogP contribution is -1.88. The molecule has 0 unspecified atom stereocenters. The van der Waals surface area contributed by atoms with Gasteiger partial charge in [0.15, 0.2) is 5.58 Å². The molecule has 0 aliphatic heterocycles. The van der Waals surface area contributed by atoms with Crippen molar-refractivity contribution in [2.24, 2.45) is 0 Å². The average Bonchev–Trinajstić information content (AvgIpc) is 3.23. The van der Waals surface area contributed by atoms with Crippen LogP contribution in [0.4, 0.5) is 0 Å². The molecule has 2 nitrogen and oxygen atoms in total. The van der Waals surface area contributed by atoms with Crippen molar-refractivity contribution in [3.8, 4) is 11.5 Å². The summed E-state index contributed by atoms with van der Waals surface area (Å²) in [5, 5.41) is 0. The quantitative estimate of drug-likeness (QED) is 0.288. The first-order valence-corrected chi connectivity index (χ1v) is 10.5. The summed E-state index contributed by atoms with van der Waals surface area (Å²) in [5.74, 6) is 0.658. The second-order valence-electron chi connectivity index (χ2n) is 7.86. The SMILES string of the molecule is Cc1cc(C)c2oc(-c3ccc(C=C(c4ccccc4)c4ccccc4)cc3)nc2c1. The highest BCUT2D eigenvalue weighted by Gasteiger charge is 2.11. The highest BCUT2D eigenvalue weighted by Crippen LogP contribution is 2.29. The number of fused-ring (bicyclic) bond motifs is 1. The molecule has 0 radical (unpaired) electrons. The van der Waals surface area contributed by atoms with Gasteiger partial charge >= 0.3 is 0 Å². The molecule has 0 fully saturated rings. The Balaban J connectivity index is 1.53. The van der Waals surface area contributed by atoms with E-state index in [-0.39, 0.29) is 0 Å². The van der Waals surface area contributed by atoms with Gasteiger partial charge in [-0.15, -0.1) is 0 Å². The van der Waals surface area contributed by atoms with Crippen LogP contribution in [0.5, 0.6) is 0 Å². The highest BCUT2D eigenvalue weighted by molar-refractivity contribution is 5.91. The van der Waals surface area contributed by atoms with Crippen LogP contribution in [0, 0.1) is 13.8 Å². The van der Waals surface area contributed by atoms with Crippen molar-refractivity contribution in [3.05, 3.63) is 125 Å². The summed E-state index contributed by atoms with van der Waals surface area (Å²) in [5.41, 5.74) is 9.78. The van der Waals surface area contributed by atoms with E-state index in [9.17, 15) is 0 Å². The van der Waals surface area contributed by atoms with E-state index in [0.717, 1.165) is 27.8 Å². The molecule has 2 heteroatoms. The maximum atomic E-state index is 6.07. The monoisotopic (exact) mass is 401 g/mol. The Morgan fingerprint density at radius 1 is 0.742 bits per heavy atom. The molecule has 31 heavy (non-hydrogen) atoms. The van der Waals surface area contributed by atoms with E-state index >= 15 is 0 Å². The van der Waals surface area contributed by atoms with Crippen LogP contribution >= 0.6 is 0 Å². The summed E-state index contributed by atoms with van der Waals surface area (Å²) in [6, 6.07) is 33.6. The number of hydrogen-bond donors (Lipinski definition) is 0. The Bertz CT molecular complexity index is 1320. The van der Waals surface area contributed by atoms with Crippen molar-refractivity contribution < 1.29 is 4.42 Å². The smallest absolute Gasteiger partial charge is 0.227 e. The number of benzene rings is 4. The Morgan fingerprint density at radius 2 is 1.35 bits per heavy atom. The minimum absolute atomic E-state index is 0.658. The van der Waals surface area contributed by atoms with Crippen LogP contribution in [-0.4, -0.2) is 4.98 Å². The maximum Gasteiger partial charge on any atom is 0.227 e. The Hall–Kier alpha value is -3.91. The fraction of sp³-hybridized carbons (Fsp3) is 0.0690. The van der Waals surface area contributed by atoms with E-state index < -0.39 is 0 Å². The van der Waals surface area contributed by atoms with E-state index in [1.165, 1.54) is 22.3 Å². The predicted octanol–water partition coefficient (Wildman–Crippen LogP) is 7.70. The molecule has 1 heterocycles. The van der Waals surface area contributed by atoms with Crippen LogP contribution < -0.4 is 0 Å². The van der Waals surface area contributed by atoms with Gasteiger partial charge in [0.25, 0.3) is 0 Å². The third kappa shape index (κ3) is 3.93. The molecule has 0 bridgehead atoms. The van der Waals surface area contributed by atoms with E-state index in [0.29, 0.717) is 5.89 Å². The van der Waals surface area contributed by atoms with Crippen LogP contribution in [0.3, 0.4) is 0 Å². The zero-order chi connectivity index (χ0) is 21.2. The van der Waals surface area contributed by atoms with Crippen LogP contribution in [0.25, 0.3) is 34.2 Å². The molecular weight excluding hydrogens is 378 g/mol. The van der Waals surface area contributed by atoms with Crippen molar-refractivity contribution in [3.63, 3.8) is 0 Å². The van der Waals surface area contributed by atoms with E-state index in [1.807, 2.05) is 12.1 Å². The van der Waals surface area contributed by atoms with Gasteiger partial charge in [-0.05, 0) is 71.5 Å². The Morgan fingerprint density at radius 3 is 1.97 bits per heavy atom. The first-order chi connectivity index (χ1) is 15.2. The van der Waals surface area contributed by atoms with E-state index in [4.69, 9.17) is 9.40 Å². The molecule has 150 valence electrons. The Kier molecular flexibility index (Phi) is 4.97. The molecule has 5 rings (SSSR count). The van der Waals surface area contributed by atoms with Crippen LogP contribution in [0.1, 0.15) is 27.8 Å². The molecule has 4 aromatic carbocycles. The van der Waals surface area contributed by atoms with Gasteiger partial charge in [0.05, 0.1) is 0 Å². The normalized spacial score (nSPS) is 10.9. The lowest BCUT2D eigenvalue weighted by atomic mass is 9.95. The minimum atomic E-state index is 0.658. The lowest BCUT2D eigenvalue weighted by Gasteiger charge is -2.09. The third-order valence-electron chi connectivity index (χ3n) is 5.46. The van der Waals surface area contributed by atoms with Gasteiger partial charge in [0, 0.05) is 5.56 Å². The van der Waals surface area contributed by atoms with Gasteiger partial charge in [-0.3, -0.25) is 0 Å². The van der Waals surface area contributed by atoms with Gasteiger partial charge in [-0.25, -0.2) is 4.98 Å². The molecule has 0 aliphatic carbocycles. The molecule has 0 aliphatic rings. The van der Waals surface area contributed by atoms with Crippen LogP contribution in [-0.2, 0) is 0 Å². The summed E-state index contributed by atoms with van der Waals surface area (Å²) in [6.45, 7) is 4.14. The number of nitrogens with zero attached hydrogens (tertiary/aromatic N) is 1. The summed E-state index contributed by atoms with van der Waals surface area (Å²) >= 11 is 0. The molecule has 0 saturated heterocycles. The highest BCUT2D eigenvalue weighted by atomic mass is 16.3. The van der Waals surface area contributed by atoms with Gasteiger partial charge in [0.1, 0.15) is 5.52 Å². The lowest BCUT2D eigenvalue weighted by molar-refractivity contribution is 0.617. The van der Waals surface area contributed by atoms with Crippen LogP contribution in [0.15, 0.2) is 101 Å². The average molecular weight is 402 g/mol. The van der Waals surface area contributed by atoms with Gasteiger partial charge < -0.3 is 4.42 Å². The van der Waals surface area contributed by atoms with Crippen molar-refractivity contribution in [1.82, 2.24) is 4.98 Å². The molecular formula is C29H23NO. The number of aryl methyl sites for hydroxylation is 2. The standard InChI is InChI=1S/C29H23NO/c1-20-17-21(2)28-27(18-20)30-29(31-28)25-15-13-22(14-16-25)19-26(23-9-5-3-6-10-23)24-11-7-4-8-12-24/h3-19H,1-2H3. The van der Waals surface area contributed by atoms with Gasteiger partial charge in [-0.1, -0.05) is 78.9 Å². The van der Waals surface area contributed by atoms with Crippen molar-refractivity contribution in [2.75, 3.05) is 0 Å². The molecule has 1 aromatic heterocycles. The Labute approximate surface area is 182 Å². The molecule has 0 N–H and O–H groups in total. The van der Waals surface area contributed by atoms with Crippen LogP contribution in [0.2, 0.25) is 0 Å². The van der Waals surface area contributed by atoms with Gasteiger partial charge in [0.2, 0.25) is 5.89 Å². The molecule has 0 atom stereocenters. The third-order valence-corrected chi connectivity index (χ3v) is 5.46. The number of hydrogen-bond acceptors (Lipinski definition) is 2. The van der Waals surface area contributed by atoms with Crippen molar-refractivity contribution >= 4 is 22.7 Å². The second-order valence-corrected chi connectivity index (χ2v) is 7.86. The zero-order valence-electron chi connectivity index (χ0n) is 17.7. The largest absolute Gasteiger partial charge is 0.436 e. The maximum absolute atomic E-state index is 6.07. The summed E-state index contributed by atoms with van der Waals surface area (Å²) in [6.07, 6.45) is 2.23. The minimum Gasteiger partial charge on any atom is -0.436 e. The zero-order valence-corrected chi connectivity index (χ0v) is 17.7. The van der Waals surface area contributed by atoms with E-state index in [1.54, 1.807) is 0 Å². The fourth-order valence-electron chi connectivity index (χ4n) is 3.96. The predicted molar refractivity (Wildman–Crippen MR) is 129 cm³/mol. The molecule has 0 saturated carbocycles. The van der Waals surface area contributed by atoms with E-state index in [2.05, 4.69) is 105 Å². The van der Waals surface area contributed by atoms with Crippen molar-refractivity contribution in [2.45, 2.75) is 13.8 Å². The number of rotatable bonds is 4. The topological polar surface area (TPSA) is 26.0 Å². The van der Waals surface area contributed by atoms with Gasteiger partial charge in [-0.2, -0.15) is 0 Å². The van der Waals surface area contributed by atoms with Crippen molar-refractivity contribution in [1.29, 1.82) is 0 Å². The molecule has 0 amide bonds. The number of aromatic nitrogens is 1. The fourth-order valence-corrected chi connectivity index (χ4v) is 3.96. The summed E-state index contributed by atoms with van der Waals surface area (Å²) in [7, 11) is 0. The summed E-state index contributed by atoms with van der Waals surface area (Å²) in [4.78, 5) is 4.71. The second kappa shape index (κ2) is 8.08.